The molecule has 0 aliphatic heterocycles. The van der Waals surface area contributed by atoms with Gasteiger partial charge < -0.3 is 10.6 Å². The SMILES string of the molecule is C[C@@H](C(=O)Nc1ccc([N+](=O)[O-])cc1)N(C)CC(=O)Nc1cccc(F)c1. The van der Waals surface area contributed by atoms with Gasteiger partial charge >= 0.3 is 0 Å². The van der Waals surface area contributed by atoms with E-state index in [2.05, 4.69) is 10.6 Å². The van der Waals surface area contributed by atoms with E-state index in [4.69, 9.17) is 0 Å². The number of carbonyl (C=O) groups excluding carboxylic acids is 2. The summed E-state index contributed by atoms with van der Waals surface area (Å²) in [4.78, 5) is 36.0. The average molecular weight is 374 g/mol. The van der Waals surface area contributed by atoms with Gasteiger partial charge in [-0.3, -0.25) is 24.6 Å². The standard InChI is InChI=1S/C18H19FN4O4/c1-12(18(25)21-14-6-8-16(9-7-14)23(26)27)22(2)11-17(24)20-15-5-3-4-13(19)10-15/h3-10,12H,11H2,1-2H3,(H,20,24)(H,21,25)/t12-/m0/s1. The maximum atomic E-state index is 13.1. The van der Waals surface area contributed by atoms with Crippen molar-refractivity contribution in [1.29, 1.82) is 0 Å². The maximum absolute atomic E-state index is 13.1. The molecule has 2 N–H and O–H groups in total. The van der Waals surface area contributed by atoms with Crippen molar-refractivity contribution >= 4 is 28.9 Å². The largest absolute Gasteiger partial charge is 0.325 e. The molecule has 9 heteroatoms. The van der Waals surface area contributed by atoms with Gasteiger partial charge in [0.2, 0.25) is 11.8 Å². The van der Waals surface area contributed by atoms with Crippen molar-refractivity contribution in [3.05, 3.63) is 64.5 Å². The molecule has 2 aromatic carbocycles. The van der Waals surface area contributed by atoms with Crippen molar-refractivity contribution < 1.29 is 18.9 Å². The highest BCUT2D eigenvalue weighted by molar-refractivity contribution is 5.96. The van der Waals surface area contributed by atoms with E-state index in [1.165, 1.54) is 47.4 Å². The number of nitro groups is 1. The molecule has 0 spiro atoms. The van der Waals surface area contributed by atoms with Crippen molar-refractivity contribution in [2.24, 2.45) is 0 Å². The summed E-state index contributed by atoms with van der Waals surface area (Å²) in [5.41, 5.74) is 0.665. The molecule has 2 amide bonds. The van der Waals surface area contributed by atoms with Crippen LogP contribution in [0.1, 0.15) is 6.92 Å². The summed E-state index contributed by atoms with van der Waals surface area (Å²) in [6, 6.07) is 10.3. The highest BCUT2D eigenvalue weighted by atomic mass is 19.1. The molecule has 27 heavy (non-hydrogen) atoms. The Morgan fingerprint density at radius 3 is 2.41 bits per heavy atom. The van der Waals surface area contributed by atoms with Crippen LogP contribution in [0.15, 0.2) is 48.5 Å². The number of amides is 2. The molecule has 0 heterocycles. The van der Waals surface area contributed by atoms with E-state index in [1.807, 2.05) is 0 Å². The van der Waals surface area contributed by atoms with Gasteiger partial charge in [-0.25, -0.2) is 4.39 Å². The van der Waals surface area contributed by atoms with Gasteiger partial charge in [-0.15, -0.1) is 0 Å². The van der Waals surface area contributed by atoms with Gasteiger partial charge in [0.05, 0.1) is 17.5 Å². The van der Waals surface area contributed by atoms with Crippen LogP contribution >= 0.6 is 0 Å². The number of nitrogens with zero attached hydrogens (tertiary/aromatic N) is 2. The Morgan fingerprint density at radius 1 is 1.15 bits per heavy atom. The van der Waals surface area contributed by atoms with Crippen molar-refractivity contribution in [3.63, 3.8) is 0 Å². The molecule has 0 fully saturated rings. The highest BCUT2D eigenvalue weighted by Crippen LogP contribution is 2.16. The molecule has 0 saturated heterocycles. The van der Waals surface area contributed by atoms with Crippen molar-refractivity contribution in [2.75, 3.05) is 24.2 Å². The third-order valence-corrected chi connectivity index (χ3v) is 3.89. The van der Waals surface area contributed by atoms with Crippen LogP contribution in [0.2, 0.25) is 0 Å². The van der Waals surface area contributed by atoms with Gasteiger partial charge in [0.1, 0.15) is 5.82 Å². The van der Waals surface area contributed by atoms with Crippen LogP contribution < -0.4 is 10.6 Å². The molecule has 0 saturated carbocycles. The van der Waals surface area contributed by atoms with Gasteiger partial charge in [0.25, 0.3) is 5.69 Å². The zero-order valence-electron chi connectivity index (χ0n) is 14.8. The van der Waals surface area contributed by atoms with E-state index in [0.29, 0.717) is 11.4 Å². The molecule has 0 bridgehead atoms. The Hall–Kier alpha value is -3.33. The Balaban J connectivity index is 1.89. The number of likely N-dealkylation sites (N-methyl/N-ethyl adjacent to an activating group) is 1. The van der Waals surface area contributed by atoms with Crippen LogP contribution in [0.5, 0.6) is 0 Å². The quantitative estimate of drug-likeness (QED) is 0.573. The zero-order valence-corrected chi connectivity index (χ0v) is 14.8. The van der Waals surface area contributed by atoms with Crippen molar-refractivity contribution in [2.45, 2.75) is 13.0 Å². The summed E-state index contributed by atoms with van der Waals surface area (Å²) in [6.07, 6.45) is 0. The molecule has 0 radical (unpaired) electrons. The number of anilines is 2. The minimum absolute atomic E-state index is 0.0767. The molecule has 0 aromatic heterocycles. The average Bonchev–Trinajstić information content (AvgIpc) is 2.61. The fourth-order valence-corrected chi connectivity index (χ4v) is 2.24. The lowest BCUT2D eigenvalue weighted by atomic mass is 10.2. The second-order valence-corrected chi connectivity index (χ2v) is 5.94. The smallest absolute Gasteiger partial charge is 0.269 e. The normalized spacial score (nSPS) is 11.7. The molecule has 1 atom stereocenters. The van der Waals surface area contributed by atoms with E-state index in [-0.39, 0.29) is 18.1 Å². The number of carbonyl (C=O) groups is 2. The summed E-state index contributed by atoms with van der Waals surface area (Å²) >= 11 is 0. The van der Waals surface area contributed by atoms with Crippen LogP contribution in [0, 0.1) is 15.9 Å². The fourth-order valence-electron chi connectivity index (χ4n) is 2.24. The second-order valence-electron chi connectivity index (χ2n) is 5.94. The van der Waals surface area contributed by atoms with Crippen LogP contribution in [0.25, 0.3) is 0 Å². The van der Waals surface area contributed by atoms with E-state index < -0.39 is 22.7 Å². The molecule has 0 unspecified atom stereocenters. The number of rotatable bonds is 7. The van der Waals surface area contributed by atoms with Crippen LogP contribution in [0.4, 0.5) is 21.5 Å². The first-order valence-corrected chi connectivity index (χ1v) is 8.07. The third kappa shape index (κ3) is 5.86. The number of nitrogens with one attached hydrogen (secondary N) is 2. The Kier molecular flexibility index (Phi) is 6.56. The predicted molar refractivity (Wildman–Crippen MR) is 98.8 cm³/mol. The lowest BCUT2D eigenvalue weighted by molar-refractivity contribution is -0.384. The van der Waals surface area contributed by atoms with E-state index in [0.717, 1.165) is 0 Å². The number of hydrogen-bond donors (Lipinski definition) is 2. The fraction of sp³-hybridized carbons (Fsp3) is 0.222. The van der Waals surface area contributed by atoms with Gasteiger partial charge in [0, 0.05) is 23.5 Å². The number of hydrogen-bond acceptors (Lipinski definition) is 5. The Bertz CT molecular complexity index is 842. The molecule has 2 aromatic rings. The first-order valence-electron chi connectivity index (χ1n) is 8.07. The highest BCUT2D eigenvalue weighted by Gasteiger charge is 2.20. The molecule has 0 aliphatic rings. The number of nitro benzene ring substituents is 1. The molecular formula is C18H19FN4O4. The lowest BCUT2D eigenvalue weighted by Crippen LogP contribution is -2.43. The minimum Gasteiger partial charge on any atom is -0.325 e. The zero-order chi connectivity index (χ0) is 20.0. The summed E-state index contributed by atoms with van der Waals surface area (Å²) in [5.74, 6) is -1.22. The Morgan fingerprint density at radius 2 is 1.81 bits per heavy atom. The molecule has 0 aliphatic carbocycles. The summed E-state index contributed by atoms with van der Waals surface area (Å²) in [6.45, 7) is 1.54. The van der Waals surface area contributed by atoms with Crippen LogP contribution in [-0.4, -0.2) is 41.3 Å². The molecule has 8 nitrogen and oxygen atoms in total. The predicted octanol–water partition coefficient (Wildman–Crippen LogP) is 2.63. The number of halogens is 1. The van der Waals surface area contributed by atoms with Gasteiger partial charge in [-0.05, 0) is 44.3 Å². The summed E-state index contributed by atoms with van der Waals surface area (Å²) < 4.78 is 13.1. The van der Waals surface area contributed by atoms with Gasteiger partial charge in [0.15, 0.2) is 0 Å². The van der Waals surface area contributed by atoms with Crippen molar-refractivity contribution in [3.8, 4) is 0 Å². The third-order valence-electron chi connectivity index (χ3n) is 3.89. The minimum atomic E-state index is -0.640. The van der Waals surface area contributed by atoms with Gasteiger partial charge in [-0.2, -0.15) is 0 Å². The van der Waals surface area contributed by atoms with Crippen LogP contribution in [0.3, 0.4) is 0 Å². The maximum Gasteiger partial charge on any atom is 0.269 e. The monoisotopic (exact) mass is 374 g/mol. The topological polar surface area (TPSA) is 105 Å². The Labute approximate surface area is 155 Å². The molecule has 2 rings (SSSR count). The second kappa shape index (κ2) is 8.86. The van der Waals surface area contributed by atoms with E-state index in [9.17, 15) is 24.1 Å². The van der Waals surface area contributed by atoms with E-state index >= 15 is 0 Å². The first kappa shape index (κ1) is 20.0. The summed E-state index contributed by atoms with van der Waals surface area (Å²) in [7, 11) is 1.60. The molecule has 142 valence electrons. The summed E-state index contributed by atoms with van der Waals surface area (Å²) in [5, 5.41) is 15.8. The number of non-ortho nitro benzene ring substituents is 1. The number of benzene rings is 2. The van der Waals surface area contributed by atoms with Crippen LogP contribution in [-0.2, 0) is 9.59 Å². The van der Waals surface area contributed by atoms with E-state index in [1.54, 1.807) is 20.0 Å². The van der Waals surface area contributed by atoms with Crippen molar-refractivity contribution in [1.82, 2.24) is 4.90 Å². The van der Waals surface area contributed by atoms with Gasteiger partial charge in [-0.1, -0.05) is 6.07 Å². The molecular weight excluding hydrogens is 355 g/mol. The first-order chi connectivity index (χ1) is 12.8. The lowest BCUT2D eigenvalue weighted by Gasteiger charge is -2.23.